The van der Waals surface area contributed by atoms with Crippen molar-refractivity contribution in [3.63, 3.8) is 0 Å². The molecule has 1 unspecified atom stereocenters. The van der Waals surface area contributed by atoms with Crippen molar-refractivity contribution in [2.24, 2.45) is 0 Å². The summed E-state index contributed by atoms with van der Waals surface area (Å²) in [6.45, 7) is 7.98. The van der Waals surface area contributed by atoms with E-state index in [-0.39, 0.29) is 12.0 Å². The number of benzene rings is 2. The molecule has 0 aliphatic heterocycles. The van der Waals surface area contributed by atoms with Crippen LogP contribution in [0.4, 0.5) is 0 Å². The second-order valence-corrected chi connectivity index (χ2v) is 8.20. The van der Waals surface area contributed by atoms with Crippen molar-refractivity contribution in [2.45, 2.75) is 32.8 Å². The molecule has 3 rings (SSSR count). The Morgan fingerprint density at radius 1 is 1.18 bits per heavy atom. The number of methoxy groups -OCH3 is 1. The summed E-state index contributed by atoms with van der Waals surface area (Å²) in [5.41, 5.74) is 6.14. The van der Waals surface area contributed by atoms with E-state index in [0.717, 1.165) is 52.2 Å². The lowest BCUT2D eigenvalue weighted by molar-refractivity contribution is -0.116. The highest BCUT2D eigenvalue weighted by Gasteiger charge is 2.28. The number of halogens is 1. The Morgan fingerprint density at radius 2 is 1.88 bits per heavy atom. The minimum Gasteiger partial charge on any atom is -0.497 e. The predicted molar refractivity (Wildman–Crippen MR) is 137 cm³/mol. The number of carbonyl (C=O) groups excluding carboxylic acids is 1. The fourth-order valence-electron chi connectivity index (χ4n) is 4.08. The standard InChI is InChI=1S/C28H30ClNO3/c1-6-22(25-17-21(32-5)12-14-26(25)29)24-13-15-27(23(24)7-2)33-20-10-8-19(9-11-20)18(3)16-28(31)30-4/h6-12,14,16-17,27H,2,13,15H2,1,3-5H3,(H,30,31)/b18-16+,22-6+. The van der Waals surface area contributed by atoms with Crippen LogP contribution in [-0.2, 0) is 4.79 Å². The summed E-state index contributed by atoms with van der Waals surface area (Å²) in [5, 5.41) is 3.28. The first kappa shape index (κ1) is 24.4. The van der Waals surface area contributed by atoms with E-state index in [4.69, 9.17) is 21.1 Å². The third-order valence-electron chi connectivity index (χ3n) is 5.83. The summed E-state index contributed by atoms with van der Waals surface area (Å²) in [6, 6.07) is 13.5. The first-order valence-corrected chi connectivity index (χ1v) is 11.3. The molecule has 0 radical (unpaired) electrons. The third kappa shape index (κ3) is 5.58. The first-order chi connectivity index (χ1) is 15.9. The molecule has 0 heterocycles. The van der Waals surface area contributed by atoms with Gasteiger partial charge in [-0.2, -0.15) is 0 Å². The van der Waals surface area contributed by atoms with Crippen LogP contribution in [-0.4, -0.2) is 26.2 Å². The van der Waals surface area contributed by atoms with Gasteiger partial charge in [-0.3, -0.25) is 4.79 Å². The van der Waals surface area contributed by atoms with Crippen LogP contribution in [0.2, 0.25) is 5.02 Å². The van der Waals surface area contributed by atoms with E-state index in [0.29, 0.717) is 5.02 Å². The Bertz CT molecular complexity index is 1130. The molecular formula is C28H30ClNO3. The third-order valence-corrected chi connectivity index (χ3v) is 6.16. The van der Waals surface area contributed by atoms with Crippen LogP contribution in [0.15, 0.2) is 78.4 Å². The molecule has 0 saturated heterocycles. The Hall–Kier alpha value is -3.24. The van der Waals surface area contributed by atoms with Gasteiger partial charge in [-0.05, 0) is 84.9 Å². The highest BCUT2D eigenvalue weighted by atomic mass is 35.5. The van der Waals surface area contributed by atoms with Gasteiger partial charge in [-0.15, -0.1) is 0 Å². The fourth-order valence-corrected chi connectivity index (χ4v) is 4.30. The van der Waals surface area contributed by atoms with Crippen molar-refractivity contribution >= 4 is 28.7 Å². The molecule has 2 aromatic rings. The number of amides is 1. The van der Waals surface area contributed by atoms with E-state index >= 15 is 0 Å². The summed E-state index contributed by atoms with van der Waals surface area (Å²) in [6.07, 6.45) is 7.18. The summed E-state index contributed by atoms with van der Waals surface area (Å²) in [7, 11) is 3.27. The highest BCUT2D eigenvalue weighted by molar-refractivity contribution is 6.32. The molecule has 1 aliphatic carbocycles. The van der Waals surface area contributed by atoms with Gasteiger partial charge in [-0.1, -0.05) is 42.5 Å². The molecule has 172 valence electrons. The summed E-state index contributed by atoms with van der Waals surface area (Å²) in [4.78, 5) is 11.6. The first-order valence-electron chi connectivity index (χ1n) is 10.9. The van der Waals surface area contributed by atoms with Gasteiger partial charge >= 0.3 is 0 Å². The quantitative estimate of drug-likeness (QED) is 0.447. The molecular weight excluding hydrogens is 434 g/mol. The van der Waals surface area contributed by atoms with E-state index in [1.54, 1.807) is 20.2 Å². The van der Waals surface area contributed by atoms with Gasteiger partial charge in [-0.25, -0.2) is 0 Å². The number of nitrogens with one attached hydrogen (secondary N) is 1. The number of carbonyl (C=O) groups is 1. The summed E-state index contributed by atoms with van der Waals surface area (Å²) < 4.78 is 11.7. The molecule has 1 aliphatic rings. The minimum atomic E-state index is -0.122. The predicted octanol–water partition coefficient (Wildman–Crippen LogP) is 6.63. The molecule has 5 heteroatoms. The molecule has 0 fully saturated rings. The molecule has 1 N–H and O–H groups in total. The van der Waals surface area contributed by atoms with Crippen molar-refractivity contribution in [3.8, 4) is 11.5 Å². The maximum atomic E-state index is 11.6. The van der Waals surface area contributed by atoms with Crippen LogP contribution < -0.4 is 14.8 Å². The van der Waals surface area contributed by atoms with E-state index in [1.165, 1.54) is 5.57 Å². The monoisotopic (exact) mass is 463 g/mol. The van der Waals surface area contributed by atoms with Gasteiger partial charge in [0.05, 0.1) is 7.11 Å². The zero-order chi connectivity index (χ0) is 24.0. The maximum absolute atomic E-state index is 11.6. The smallest absolute Gasteiger partial charge is 0.244 e. The van der Waals surface area contributed by atoms with Gasteiger partial charge in [0.2, 0.25) is 5.91 Å². The number of hydrogen-bond donors (Lipinski definition) is 1. The van der Waals surface area contributed by atoms with Crippen LogP contribution in [0.3, 0.4) is 0 Å². The minimum absolute atomic E-state index is 0.0924. The molecule has 1 amide bonds. The van der Waals surface area contributed by atoms with E-state index < -0.39 is 0 Å². The Kier molecular flexibility index (Phi) is 8.18. The SMILES string of the molecule is C=CC1=C(/C(=C\C)c2cc(OC)ccc2Cl)CCC1Oc1ccc(/C(C)=C/C(=O)NC)cc1. The van der Waals surface area contributed by atoms with Gasteiger partial charge in [0.1, 0.15) is 17.6 Å². The van der Waals surface area contributed by atoms with Gasteiger partial charge in [0.25, 0.3) is 0 Å². The molecule has 0 saturated carbocycles. The Morgan fingerprint density at radius 3 is 2.48 bits per heavy atom. The van der Waals surface area contributed by atoms with Crippen molar-refractivity contribution in [1.29, 1.82) is 0 Å². The number of allylic oxidation sites excluding steroid dienone is 4. The Labute approximate surface area is 201 Å². The fraction of sp³-hybridized carbons (Fsp3) is 0.250. The van der Waals surface area contributed by atoms with Crippen molar-refractivity contribution in [3.05, 3.63) is 94.6 Å². The van der Waals surface area contributed by atoms with Crippen molar-refractivity contribution in [2.75, 3.05) is 14.2 Å². The van der Waals surface area contributed by atoms with Gasteiger partial charge in [0.15, 0.2) is 0 Å². The van der Waals surface area contributed by atoms with Crippen LogP contribution in [0.5, 0.6) is 11.5 Å². The number of ether oxygens (including phenoxy) is 2. The lowest BCUT2D eigenvalue weighted by Crippen LogP contribution is -2.15. The zero-order valence-corrected chi connectivity index (χ0v) is 20.3. The van der Waals surface area contributed by atoms with E-state index in [9.17, 15) is 4.79 Å². The lowest BCUT2D eigenvalue weighted by Gasteiger charge is -2.17. The average molecular weight is 464 g/mol. The second kappa shape index (κ2) is 11.1. The summed E-state index contributed by atoms with van der Waals surface area (Å²) in [5.74, 6) is 1.42. The van der Waals surface area contributed by atoms with Crippen LogP contribution in [0.1, 0.15) is 37.8 Å². The molecule has 33 heavy (non-hydrogen) atoms. The maximum Gasteiger partial charge on any atom is 0.244 e. The van der Waals surface area contributed by atoms with E-state index in [2.05, 4.69) is 18.0 Å². The largest absolute Gasteiger partial charge is 0.497 e. The van der Waals surface area contributed by atoms with Crippen LogP contribution in [0, 0.1) is 0 Å². The zero-order valence-electron chi connectivity index (χ0n) is 19.6. The van der Waals surface area contributed by atoms with Crippen LogP contribution >= 0.6 is 11.6 Å². The highest BCUT2D eigenvalue weighted by Crippen LogP contribution is 2.41. The second-order valence-electron chi connectivity index (χ2n) is 7.80. The molecule has 0 aromatic heterocycles. The van der Waals surface area contributed by atoms with Crippen molar-refractivity contribution in [1.82, 2.24) is 5.32 Å². The van der Waals surface area contributed by atoms with Crippen LogP contribution in [0.25, 0.3) is 11.1 Å². The van der Waals surface area contributed by atoms with Crippen molar-refractivity contribution < 1.29 is 14.3 Å². The number of hydrogen-bond acceptors (Lipinski definition) is 3. The van der Waals surface area contributed by atoms with Gasteiger partial charge in [0, 0.05) is 23.7 Å². The Balaban J connectivity index is 1.85. The lowest BCUT2D eigenvalue weighted by atomic mass is 9.94. The van der Waals surface area contributed by atoms with Gasteiger partial charge < -0.3 is 14.8 Å². The molecule has 4 nitrogen and oxygen atoms in total. The normalized spacial score (nSPS) is 16.6. The summed E-state index contributed by atoms with van der Waals surface area (Å²) >= 11 is 6.54. The number of likely N-dealkylation sites (N-methyl/N-ethyl adjacent to an activating group) is 1. The number of rotatable bonds is 8. The molecule has 0 spiro atoms. The topological polar surface area (TPSA) is 47.6 Å². The molecule has 0 bridgehead atoms. The molecule has 2 aromatic carbocycles. The average Bonchev–Trinajstić information content (AvgIpc) is 3.23. The van der Waals surface area contributed by atoms with E-state index in [1.807, 2.05) is 62.4 Å². The molecule has 1 atom stereocenters.